The summed E-state index contributed by atoms with van der Waals surface area (Å²) < 4.78 is 70.1. The summed E-state index contributed by atoms with van der Waals surface area (Å²) in [5, 5.41) is 3.26. The van der Waals surface area contributed by atoms with Crippen LogP contribution < -0.4 is 9.46 Å². The fourth-order valence-corrected chi connectivity index (χ4v) is 3.08. The molecule has 1 aromatic heterocycles. The molecule has 26 heavy (non-hydrogen) atoms. The Balaban J connectivity index is 2.17. The molecular formula is C15H16F3N3O4S. The number of sulfonamides is 1. The number of benzene rings is 1. The van der Waals surface area contributed by atoms with Gasteiger partial charge in [-0.3, -0.25) is 9.48 Å². The van der Waals surface area contributed by atoms with Crippen LogP contribution in [0.3, 0.4) is 0 Å². The summed E-state index contributed by atoms with van der Waals surface area (Å²) in [7, 11) is -4.22. The second-order valence-corrected chi connectivity index (χ2v) is 6.91. The monoisotopic (exact) mass is 391 g/mol. The third-order valence-corrected chi connectivity index (χ3v) is 4.68. The molecule has 0 saturated carbocycles. The highest BCUT2D eigenvalue weighted by molar-refractivity contribution is 7.90. The lowest BCUT2D eigenvalue weighted by molar-refractivity contribution is -0.142. The number of nitrogens with zero attached hydrogens (tertiary/aromatic N) is 2. The first-order chi connectivity index (χ1) is 12.0. The van der Waals surface area contributed by atoms with Crippen molar-refractivity contribution in [1.82, 2.24) is 14.5 Å². The van der Waals surface area contributed by atoms with Gasteiger partial charge in [-0.05, 0) is 32.0 Å². The smallest absolute Gasteiger partial charge is 0.435 e. The number of halogens is 3. The number of alkyl halides is 3. The summed E-state index contributed by atoms with van der Waals surface area (Å²) in [5.74, 6) is -0.721. The third kappa shape index (κ3) is 4.54. The van der Waals surface area contributed by atoms with E-state index in [1.165, 1.54) is 25.1 Å². The number of nitrogens with one attached hydrogen (secondary N) is 1. The molecule has 1 atom stereocenters. The molecular weight excluding hydrogens is 375 g/mol. The minimum Gasteiger partial charge on any atom is -0.494 e. The Labute approximate surface area is 147 Å². The van der Waals surface area contributed by atoms with Gasteiger partial charge in [0.25, 0.3) is 15.9 Å². The molecule has 0 bridgehead atoms. The SMILES string of the molecule is CCOc1cccc(S(=O)(=O)NC(=O)C(C)n2ccc(C(F)(F)F)n2)c1. The van der Waals surface area contributed by atoms with Gasteiger partial charge in [-0.2, -0.15) is 18.3 Å². The van der Waals surface area contributed by atoms with E-state index in [9.17, 15) is 26.4 Å². The molecule has 0 aliphatic carbocycles. The first-order valence-electron chi connectivity index (χ1n) is 7.46. The van der Waals surface area contributed by atoms with Crippen molar-refractivity contribution in [3.05, 3.63) is 42.2 Å². The molecule has 11 heteroatoms. The second kappa shape index (κ2) is 7.36. The van der Waals surface area contributed by atoms with Gasteiger partial charge >= 0.3 is 6.18 Å². The van der Waals surface area contributed by atoms with Crippen LogP contribution in [0.1, 0.15) is 25.6 Å². The summed E-state index contributed by atoms with van der Waals surface area (Å²) in [5.41, 5.74) is -1.18. The van der Waals surface area contributed by atoms with Gasteiger partial charge in [0, 0.05) is 12.3 Å². The van der Waals surface area contributed by atoms with Crippen molar-refractivity contribution in [2.75, 3.05) is 6.61 Å². The zero-order valence-corrected chi connectivity index (χ0v) is 14.6. The zero-order chi connectivity index (χ0) is 19.5. The number of ether oxygens (including phenoxy) is 1. The highest BCUT2D eigenvalue weighted by atomic mass is 32.2. The number of carbonyl (C=O) groups excluding carboxylic acids is 1. The predicted octanol–water partition coefficient (Wildman–Crippen LogP) is 2.37. The molecule has 2 aromatic rings. The average molecular weight is 391 g/mol. The fraction of sp³-hybridized carbons (Fsp3) is 0.333. The standard InChI is InChI=1S/C15H16F3N3O4S/c1-3-25-11-5-4-6-12(9-11)26(23,24)20-14(22)10(2)21-8-7-13(19-21)15(16,17)18/h4-10H,3H2,1-2H3,(H,20,22). The summed E-state index contributed by atoms with van der Waals surface area (Å²) in [4.78, 5) is 11.9. The topological polar surface area (TPSA) is 90.3 Å². The van der Waals surface area contributed by atoms with Crippen molar-refractivity contribution in [2.24, 2.45) is 0 Å². The quantitative estimate of drug-likeness (QED) is 0.817. The van der Waals surface area contributed by atoms with Crippen LogP contribution in [-0.2, 0) is 21.0 Å². The van der Waals surface area contributed by atoms with Gasteiger partial charge in [-0.25, -0.2) is 13.1 Å². The highest BCUT2D eigenvalue weighted by Crippen LogP contribution is 2.28. The average Bonchev–Trinajstić information content (AvgIpc) is 3.04. The fourth-order valence-electron chi connectivity index (χ4n) is 2.00. The number of carbonyl (C=O) groups is 1. The maximum absolute atomic E-state index is 12.6. The Morgan fingerprint density at radius 1 is 1.35 bits per heavy atom. The third-order valence-electron chi connectivity index (χ3n) is 3.34. The number of aromatic nitrogens is 2. The Hall–Kier alpha value is -2.56. The van der Waals surface area contributed by atoms with Crippen molar-refractivity contribution in [3.63, 3.8) is 0 Å². The Morgan fingerprint density at radius 2 is 2.04 bits per heavy atom. The molecule has 0 saturated heterocycles. The molecule has 1 N–H and O–H groups in total. The molecule has 0 spiro atoms. The van der Waals surface area contributed by atoms with E-state index in [2.05, 4.69) is 5.10 Å². The van der Waals surface area contributed by atoms with Gasteiger partial charge in [0.05, 0.1) is 11.5 Å². The van der Waals surface area contributed by atoms with Gasteiger partial charge in [0.15, 0.2) is 5.69 Å². The number of rotatable bonds is 6. The van der Waals surface area contributed by atoms with E-state index in [-0.39, 0.29) is 4.90 Å². The summed E-state index contributed by atoms with van der Waals surface area (Å²) in [6.45, 7) is 3.28. The van der Waals surface area contributed by atoms with Gasteiger partial charge in [-0.15, -0.1) is 0 Å². The molecule has 2 rings (SSSR count). The zero-order valence-electron chi connectivity index (χ0n) is 13.8. The second-order valence-electron chi connectivity index (χ2n) is 5.23. The minimum atomic E-state index is -4.66. The molecule has 142 valence electrons. The van der Waals surface area contributed by atoms with Crippen LogP contribution in [0.15, 0.2) is 41.4 Å². The minimum absolute atomic E-state index is 0.208. The van der Waals surface area contributed by atoms with Crippen molar-refractivity contribution in [3.8, 4) is 5.75 Å². The van der Waals surface area contributed by atoms with Crippen LogP contribution in [-0.4, -0.2) is 30.7 Å². The van der Waals surface area contributed by atoms with Crippen molar-refractivity contribution >= 4 is 15.9 Å². The van der Waals surface area contributed by atoms with Gasteiger partial charge in [0.2, 0.25) is 0 Å². The first-order valence-corrected chi connectivity index (χ1v) is 8.95. The molecule has 1 amide bonds. The summed E-state index contributed by atoms with van der Waals surface area (Å²) in [6.07, 6.45) is -3.71. The number of hydrogen-bond acceptors (Lipinski definition) is 5. The molecule has 1 unspecified atom stereocenters. The lowest BCUT2D eigenvalue weighted by atomic mass is 10.3. The van der Waals surface area contributed by atoms with E-state index in [1.807, 2.05) is 4.72 Å². The Bertz CT molecular complexity index is 894. The number of hydrogen-bond donors (Lipinski definition) is 1. The van der Waals surface area contributed by atoms with Crippen LogP contribution in [0.2, 0.25) is 0 Å². The number of amides is 1. The van der Waals surface area contributed by atoms with Crippen LogP contribution in [0, 0.1) is 0 Å². The van der Waals surface area contributed by atoms with E-state index in [0.29, 0.717) is 18.4 Å². The lowest BCUT2D eigenvalue weighted by Gasteiger charge is -2.14. The Morgan fingerprint density at radius 3 is 2.62 bits per heavy atom. The van der Waals surface area contributed by atoms with Crippen LogP contribution in [0.5, 0.6) is 5.75 Å². The Kier molecular flexibility index (Phi) is 5.59. The molecule has 0 radical (unpaired) electrons. The van der Waals surface area contributed by atoms with Crippen LogP contribution >= 0.6 is 0 Å². The van der Waals surface area contributed by atoms with Gasteiger partial charge in [-0.1, -0.05) is 6.07 Å². The van der Waals surface area contributed by atoms with E-state index < -0.39 is 33.8 Å². The molecule has 0 aliphatic rings. The van der Waals surface area contributed by atoms with Crippen molar-refractivity contribution in [1.29, 1.82) is 0 Å². The predicted molar refractivity (Wildman–Crippen MR) is 84.9 cm³/mol. The van der Waals surface area contributed by atoms with Crippen LogP contribution in [0.25, 0.3) is 0 Å². The maximum Gasteiger partial charge on any atom is 0.435 e. The van der Waals surface area contributed by atoms with E-state index in [1.54, 1.807) is 13.0 Å². The summed E-state index contributed by atoms with van der Waals surface area (Å²) in [6, 6.07) is 4.92. The van der Waals surface area contributed by atoms with Crippen molar-refractivity contribution < 1.29 is 31.1 Å². The van der Waals surface area contributed by atoms with Gasteiger partial charge in [0.1, 0.15) is 11.8 Å². The lowest BCUT2D eigenvalue weighted by Crippen LogP contribution is -2.36. The molecule has 1 heterocycles. The van der Waals surface area contributed by atoms with E-state index in [4.69, 9.17) is 4.74 Å². The maximum atomic E-state index is 12.6. The first kappa shape index (κ1) is 19.8. The largest absolute Gasteiger partial charge is 0.494 e. The van der Waals surface area contributed by atoms with E-state index >= 15 is 0 Å². The molecule has 0 fully saturated rings. The highest BCUT2D eigenvalue weighted by Gasteiger charge is 2.34. The summed E-state index contributed by atoms with van der Waals surface area (Å²) >= 11 is 0. The molecule has 7 nitrogen and oxygen atoms in total. The molecule has 0 aliphatic heterocycles. The van der Waals surface area contributed by atoms with E-state index in [0.717, 1.165) is 10.9 Å². The normalized spacial score (nSPS) is 13.3. The van der Waals surface area contributed by atoms with Crippen molar-refractivity contribution in [2.45, 2.75) is 31.0 Å². The van der Waals surface area contributed by atoms with Crippen LogP contribution in [0.4, 0.5) is 13.2 Å². The molecule has 1 aromatic carbocycles. The van der Waals surface area contributed by atoms with Gasteiger partial charge < -0.3 is 4.74 Å².